The fourth-order valence-electron chi connectivity index (χ4n) is 3.87. The summed E-state index contributed by atoms with van der Waals surface area (Å²) in [5.74, 6) is 3.99. The number of hydrogen-bond acceptors (Lipinski definition) is 1. The van der Waals surface area contributed by atoms with Crippen LogP contribution in [-0.4, -0.2) is 13.2 Å². The maximum absolute atomic E-state index is 5.57. The zero-order chi connectivity index (χ0) is 12.1. The predicted octanol–water partition coefficient (Wildman–Crippen LogP) is 4.66. The highest BCUT2D eigenvalue weighted by Gasteiger charge is 2.29. The first-order valence-electron chi connectivity index (χ1n) is 7.87. The largest absolute Gasteiger partial charge is 0.381 e. The van der Waals surface area contributed by atoms with Crippen molar-refractivity contribution in [2.24, 2.45) is 23.7 Å². The van der Waals surface area contributed by atoms with Gasteiger partial charge in [-0.2, -0.15) is 0 Å². The van der Waals surface area contributed by atoms with Gasteiger partial charge in [-0.3, -0.25) is 0 Å². The molecular weight excluding hydrogens is 208 g/mol. The van der Waals surface area contributed by atoms with Crippen molar-refractivity contribution in [2.45, 2.75) is 65.2 Å². The Labute approximate surface area is 107 Å². The Morgan fingerprint density at radius 2 is 1.35 bits per heavy atom. The van der Waals surface area contributed by atoms with Crippen LogP contribution in [0.4, 0.5) is 0 Å². The van der Waals surface area contributed by atoms with Gasteiger partial charge in [0.2, 0.25) is 0 Å². The van der Waals surface area contributed by atoms with E-state index in [0.717, 1.165) is 36.9 Å². The lowest BCUT2D eigenvalue weighted by Gasteiger charge is -2.37. The molecule has 1 heteroatoms. The minimum Gasteiger partial charge on any atom is -0.381 e. The molecule has 0 aromatic heterocycles. The van der Waals surface area contributed by atoms with Gasteiger partial charge in [-0.25, -0.2) is 0 Å². The molecule has 0 saturated heterocycles. The van der Waals surface area contributed by atoms with Gasteiger partial charge in [-0.05, 0) is 69.1 Å². The van der Waals surface area contributed by atoms with Crippen LogP contribution >= 0.6 is 0 Å². The molecule has 2 aliphatic rings. The highest BCUT2D eigenvalue weighted by atomic mass is 16.5. The monoisotopic (exact) mass is 238 g/mol. The van der Waals surface area contributed by atoms with Gasteiger partial charge in [0.1, 0.15) is 0 Å². The molecule has 17 heavy (non-hydrogen) atoms. The Balaban J connectivity index is 1.68. The van der Waals surface area contributed by atoms with Crippen molar-refractivity contribution in [1.29, 1.82) is 0 Å². The highest BCUT2D eigenvalue weighted by Crippen LogP contribution is 2.41. The molecule has 1 nitrogen and oxygen atoms in total. The summed E-state index contributed by atoms with van der Waals surface area (Å²) in [5, 5.41) is 0. The molecular formula is C16H30O. The number of ether oxygens (including phenoxy) is 1. The van der Waals surface area contributed by atoms with Crippen molar-refractivity contribution in [3.63, 3.8) is 0 Å². The fraction of sp³-hybridized carbons (Fsp3) is 1.00. The average molecular weight is 238 g/mol. The predicted molar refractivity (Wildman–Crippen MR) is 73.1 cm³/mol. The molecule has 0 bridgehead atoms. The third kappa shape index (κ3) is 3.98. The van der Waals surface area contributed by atoms with E-state index in [2.05, 4.69) is 13.8 Å². The topological polar surface area (TPSA) is 9.23 Å². The van der Waals surface area contributed by atoms with E-state index in [0.29, 0.717) is 0 Å². The molecule has 0 unspecified atom stereocenters. The molecule has 2 rings (SSSR count). The van der Waals surface area contributed by atoms with Crippen LogP contribution in [0.3, 0.4) is 0 Å². The quantitative estimate of drug-likeness (QED) is 0.692. The van der Waals surface area contributed by atoms with E-state index >= 15 is 0 Å². The van der Waals surface area contributed by atoms with Crippen LogP contribution in [0.5, 0.6) is 0 Å². The first kappa shape index (κ1) is 13.4. The summed E-state index contributed by atoms with van der Waals surface area (Å²) in [4.78, 5) is 0. The standard InChI is InChI=1S/C16H30O/c1-3-17-12-14-6-10-16(11-7-14)15-8-4-13(2)5-9-15/h13-16H,3-12H2,1-2H3/t13-,14-,15-,16-. The molecule has 0 aromatic carbocycles. The van der Waals surface area contributed by atoms with Crippen LogP contribution in [0.2, 0.25) is 0 Å². The van der Waals surface area contributed by atoms with Crippen LogP contribution in [-0.2, 0) is 4.74 Å². The Bertz CT molecular complexity index is 198. The van der Waals surface area contributed by atoms with Crippen LogP contribution in [0.25, 0.3) is 0 Å². The zero-order valence-corrected chi connectivity index (χ0v) is 11.8. The molecule has 0 N–H and O–H groups in total. The molecule has 0 amide bonds. The molecule has 0 radical (unpaired) electrons. The Morgan fingerprint density at radius 3 is 1.88 bits per heavy atom. The summed E-state index contributed by atoms with van der Waals surface area (Å²) < 4.78 is 5.57. The summed E-state index contributed by atoms with van der Waals surface area (Å²) in [6.07, 6.45) is 11.8. The third-order valence-electron chi connectivity index (χ3n) is 5.18. The molecule has 0 aromatic rings. The lowest BCUT2D eigenvalue weighted by Crippen LogP contribution is -2.26. The SMILES string of the molecule is CCOC[C@H]1CC[C@H]([C@H]2CC[C@H](C)CC2)CC1. The van der Waals surface area contributed by atoms with Gasteiger partial charge in [0.15, 0.2) is 0 Å². The molecule has 2 fully saturated rings. The van der Waals surface area contributed by atoms with E-state index < -0.39 is 0 Å². The summed E-state index contributed by atoms with van der Waals surface area (Å²) in [7, 11) is 0. The van der Waals surface area contributed by atoms with Gasteiger partial charge in [0.25, 0.3) is 0 Å². The molecule has 100 valence electrons. The summed E-state index contributed by atoms with van der Waals surface area (Å²) in [5.41, 5.74) is 0. The molecule has 0 atom stereocenters. The van der Waals surface area contributed by atoms with Gasteiger partial charge in [0.05, 0.1) is 0 Å². The minimum absolute atomic E-state index is 0.869. The second kappa shape index (κ2) is 6.78. The van der Waals surface area contributed by atoms with Crippen molar-refractivity contribution in [1.82, 2.24) is 0 Å². The first-order valence-corrected chi connectivity index (χ1v) is 7.87. The Kier molecular flexibility index (Phi) is 5.34. The van der Waals surface area contributed by atoms with Gasteiger partial charge in [-0.1, -0.05) is 19.8 Å². The zero-order valence-electron chi connectivity index (χ0n) is 11.8. The summed E-state index contributed by atoms with van der Waals surface area (Å²) >= 11 is 0. The van der Waals surface area contributed by atoms with Crippen LogP contribution in [0, 0.1) is 23.7 Å². The maximum Gasteiger partial charge on any atom is 0.0494 e. The van der Waals surface area contributed by atoms with Crippen molar-refractivity contribution in [2.75, 3.05) is 13.2 Å². The number of rotatable bonds is 4. The van der Waals surface area contributed by atoms with Gasteiger partial charge >= 0.3 is 0 Å². The molecule has 2 aliphatic carbocycles. The minimum atomic E-state index is 0.869. The van der Waals surface area contributed by atoms with E-state index in [9.17, 15) is 0 Å². The highest BCUT2D eigenvalue weighted by molar-refractivity contribution is 4.81. The van der Waals surface area contributed by atoms with Crippen LogP contribution in [0.15, 0.2) is 0 Å². The summed E-state index contributed by atoms with van der Waals surface area (Å²) in [6, 6.07) is 0. The van der Waals surface area contributed by atoms with Crippen molar-refractivity contribution < 1.29 is 4.74 Å². The van der Waals surface area contributed by atoms with E-state index in [1.807, 2.05) is 0 Å². The lowest BCUT2D eigenvalue weighted by atomic mass is 9.69. The van der Waals surface area contributed by atoms with E-state index in [4.69, 9.17) is 4.74 Å². The second-order valence-corrected chi connectivity index (χ2v) is 6.46. The Morgan fingerprint density at radius 1 is 0.824 bits per heavy atom. The lowest BCUT2D eigenvalue weighted by molar-refractivity contribution is 0.0720. The third-order valence-corrected chi connectivity index (χ3v) is 5.18. The normalized spacial score (nSPS) is 39.2. The smallest absolute Gasteiger partial charge is 0.0494 e. The molecule has 2 saturated carbocycles. The van der Waals surface area contributed by atoms with Crippen molar-refractivity contribution in [3.8, 4) is 0 Å². The molecule has 0 aliphatic heterocycles. The Hall–Kier alpha value is -0.0400. The van der Waals surface area contributed by atoms with Crippen LogP contribution < -0.4 is 0 Å². The fourth-order valence-corrected chi connectivity index (χ4v) is 3.87. The van der Waals surface area contributed by atoms with E-state index in [-0.39, 0.29) is 0 Å². The second-order valence-electron chi connectivity index (χ2n) is 6.46. The first-order chi connectivity index (χ1) is 8.29. The van der Waals surface area contributed by atoms with E-state index in [1.165, 1.54) is 51.4 Å². The number of hydrogen-bond donors (Lipinski definition) is 0. The van der Waals surface area contributed by atoms with Crippen LogP contribution in [0.1, 0.15) is 65.2 Å². The maximum atomic E-state index is 5.57. The van der Waals surface area contributed by atoms with Gasteiger partial charge in [-0.15, -0.1) is 0 Å². The molecule has 0 heterocycles. The molecule has 0 spiro atoms. The summed E-state index contributed by atoms with van der Waals surface area (Å²) in [6.45, 7) is 6.44. The van der Waals surface area contributed by atoms with Crippen molar-refractivity contribution in [3.05, 3.63) is 0 Å². The van der Waals surface area contributed by atoms with E-state index in [1.54, 1.807) is 0 Å². The van der Waals surface area contributed by atoms with Gasteiger partial charge < -0.3 is 4.74 Å². The van der Waals surface area contributed by atoms with Gasteiger partial charge in [0, 0.05) is 13.2 Å². The average Bonchev–Trinajstić information content (AvgIpc) is 2.38. The van der Waals surface area contributed by atoms with Crippen molar-refractivity contribution >= 4 is 0 Å².